The van der Waals surface area contributed by atoms with Crippen molar-refractivity contribution in [2.75, 3.05) is 7.05 Å². The molecular formula is C14H17N3O3S. The lowest BCUT2D eigenvalue weighted by molar-refractivity contribution is 0.0988. The van der Waals surface area contributed by atoms with Gasteiger partial charge in [-0.15, -0.1) is 0 Å². The topological polar surface area (TPSA) is 83.1 Å². The largest absolute Gasteiger partial charge is 0.347 e. The van der Waals surface area contributed by atoms with E-state index in [-0.39, 0.29) is 17.2 Å². The van der Waals surface area contributed by atoms with Crippen LogP contribution < -0.4 is 0 Å². The number of aromatic nitrogens is 2. The summed E-state index contributed by atoms with van der Waals surface area (Å²) in [5.41, 5.74) is 0.407. The number of benzene rings is 1. The van der Waals surface area contributed by atoms with Crippen molar-refractivity contribution in [3.05, 3.63) is 48.0 Å². The third-order valence-electron chi connectivity index (χ3n) is 3.11. The van der Waals surface area contributed by atoms with Gasteiger partial charge in [-0.2, -0.15) is 4.31 Å². The highest BCUT2D eigenvalue weighted by atomic mass is 32.2. The molecule has 112 valence electrons. The van der Waals surface area contributed by atoms with Crippen molar-refractivity contribution in [2.24, 2.45) is 0 Å². The number of nitrogens with zero attached hydrogens (tertiary/aromatic N) is 2. The Hall–Kier alpha value is -1.99. The van der Waals surface area contributed by atoms with Crippen molar-refractivity contribution in [1.82, 2.24) is 14.3 Å². The Morgan fingerprint density at radius 3 is 2.76 bits per heavy atom. The Morgan fingerprint density at radius 1 is 1.38 bits per heavy atom. The highest BCUT2D eigenvalue weighted by Crippen LogP contribution is 2.18. The molecule has 21 heavy (non-hydrogen) atoms. The molecular weight excluding hydrogens is 290 g/mol. The second-order valence-corrected chi connectivity index (χ2v) is 6.65. The summed E-state index contributed by atoms with van der Waals surface area (Å²) in [5, 5.41) is 0. The van der Waals surface area contributed by atoms with Gasteiger partial charge in [-0.1, -0.05) is 19.1 Å². The third kappa shape index (κ3) is 3.37. The second-order valence-electron chi connectivity index (χ2n) is 4.60. The van der Waals surface area contributed by atoms with Gasteiger partial charge in [0, 0.05) is 31.4 Å². The van der Waals surface area contributed by atoms with Gasteiger partial charge in [0.1, 0.15) is 5.82 Å². The summed E-state index contributed by atoms with van der Waals surface area (Å²) >= 11 is 0. The SMILES string of the molecule is CCC(=O)c1cccc(S(=O)(=O)N(C)Cc2ncc[nH]2)c1. The molecule has 1 aromatic carbocycles. The van der Waals surface area contributed by atoms with Crippen LogP contribution in [0.5, 0.6) is 0 Å². The number of hydrogen-bond acceptors (Lipinski definition) is 4. The molecule has 0 fully saturated rings. The van der Waals surface area contributed by atoms with Crippen LogP contribution >= 0.6 is 0 Å². The Bertz CT molecular complexity index is 724. The molecule has 2 aromatic rings. The van der Waals surface area contributed by atoms with Gasteiger partial charge in [0.15, 0.2) is 5.78 Å². The Balaban J connectivity index is 2.28. The first-order valence-electron chi connectivity index (χ1n) is 6.53. The normalized spacial score (nSPS) is 11.8. The average molecular weight is 307 g/mol. The van der Waals surface area contributed by atoms with Crippen LogP contribution in [0, 0.1) is 0 Å². The lowest BCUT2D eigenvalue weighted by Gasteiger charge is -2.16. The average Bonchev–Trinajstić information content (AvgIpc) is 2.99. The van der Waals surface area contributed by atoms with E-state index in [1.54, 1.807) is 31.5 Å². The second kappa shape index (κ2) is 6.19. The predicted octanol–water partition coefficient (Wildman–Crippen LogP) is 1.82. The molecule has 0 aliphatic carbocycles. The van der Waals surface area contributed by atoms with E-state index in [1.165, 1.54) is 23.5 Å². The Morgan fingerprint density at radius 2 is 2.14 bits per heavy atom. The number of hydrogen-bond donors (Lipinski definition) is 1. The van der Waals surface area contributed by atoms with Gasteiger partial charge >= 0.3 is 0 Å². The minimum Gasteiger partial charge on any atom is -0.347 e. The molecule has 0 atom stereocenters. The number of carbonyl (C=O) groups excluding carboxylic acids is 1. The van der Waals surface area contributed by atoms with E-state index in [9.17, 15) is 13.2 Å². The van der Waals surface area contributed by atoms with Crippen molar-refractivity contribution in [3.63, 3.8) is 0 Å². The molecule has 0 aliphatic rings. The maximum absolute atomic E-state index is 12.5. The van der Waals surface area contributed by atoms with Gasteiger partial charge in [-0.3, -0.25) is 4.79 Å². The van der Waals surface area contributed by atoms with E-state index in [1.807, 2.05) is 0 Å². The lowest BCUT2D eigenvalue weighted by atomic mass is 10.1. The highest BCUT2D eigenvalue weighted by molar-refractivity contribution is 7.89. The van der Waals surface area contributed by atoms with Crippen LogP contribution in [0.4, 0.5) is 0 Å². The predicted molar refractivity (Wildman–Crippen MR) is 78.3 cm³/mol. The number of carbonyl (C=O) groups is 1. The van der Waals surface area contributed by atoms with Gasteiger partial charge in [0.05, 0.1) is 11.4 Å². The van der Waals surface area contributed by atoms with Crippen LogP contribution in [-0.4, -0.2) is 35.5 Å². The summed E-state index contributed by atoms with van der Waals surface area (Å²) in [6.07, 6.45) is 3.54. The summed E-state index contributed by atoms with van der Waals surface area (Å²) in [4.78, 5) is 18.7. The Labute approximate surface area is 123 Å². The molecule has 1 N–H and O–H groups in total. The monoisotopic (exact) mass is 307 g/mol. The van der Waals surface area contributed by atoms with Crippen molar-refractivity contribution in [3.8, 4) is 0 Å². The molecule has 7 heteroatoms. The standard InChI is InChI=1S/C14H17N3O3S/c1-3-13(18)11-5-4-6-12(9-11)21(19,20)17(2)10-14-15-7-8-16-14/h4-9H,3,10H2,1-2H3,(H,15,16). The Kier molecular flexibility index (Phi) is 4.54. The van der Waals surface area contributed by atoms with Crippen molar-refractivity contribution in [2.45, 2.75) is 24.8 Å². The number of sulfonamides is 1. The number of rotatable bonds is 6. The summed E-state index contributed by atoms with van der Waals surface area (Å²) in [6, 6.07) is 6.11. The van der Waals surface area contributed by atoms with Gasteiger partial charge in [0.25, 0.3) is 0 Å². The first-order valence-corrected chi connectivity index (χ1v) is 7.97. The highest BCUT2D eigenvalue weighted by Gasteiger charge is 2.22. The van der Waals surface area contributed by atoms with E-state index < -0.39 is 10.0 Å². The maximum Gasteiger partial charge on any atom is 0.243 e. The molecule has 0 saturated carbocycles. The summed E-state index contributed by atoms with van der Waals surface area (Å²) < 4.78 is 26.2. The first-order chi connectivity index (χ1) is 9.95. The van der Waals surface area contributed by atoms with Gasteiger partial charge in [-0.05, 0) is 12.1 Å². The van der Waals surface area contributed by atoms with Crippen LogP contribution in [0.15, 0.2) is 41.6 Å². The zero-order valence-electron chi connectivity index (χ0n) is 11.9. The van der Waals surface area contributed by atoms with Gasteiger partial charge in [-0.25, -0.2) is 13.4 Å². The number of imidazole rings is 1. The maximum atomic E-state index is 12.5. The van der Waals surface area contributed by atoms with Crippen molar-refractivity contribution >= 4 is 15.8 Å². The molecule has 0 amide bonds. The van der Waals surface area contributed by atoms with E-state index in [0.29, 0.717) is 17.8 Å². The molecule has 6 nitrogen and oxygen atoms in total. The van der Waals surface area contributed by atoms with Gasteiger partial charge in [0.2, 0.25) is 10.0 Å². The summed E-state index contributed by atoms with van der Waals surface area (Å²) in [5.74, 6) is 0.475. The minimum absolute atomic E-state index is 0.0827. The zero-order valence-corrected chi connectivity index (χ0v) is 12.7. The molecule has 0 spiro atoms. The van der Waals surface area contributed by atoms with Crippen molar-refractivity contribution < 1.29 is 13.2 Å². The zero-order chi connectivity index (χ0) is 15.5. The van der Waals surface area contributed by atoms with Crippen LogP contribution in [0.3, 0.4) is 0 Å². The number of Topliss-reactive ketones (excluding diaryl/α,β-unsaturated/α-hetero) is 1. The lowest BCUT2D eigenvalue weighted by Crippen LogP contribution is -2.27. The fraction of sp³-hybridized carbons (Fsp3) is 0.286. The summed E-state index contributed by atoms with van der Waals surface area (Å²) in [6.45, 7) is 1.88. The quantitative estimate of drug-likeness (QED) is 0.825. The van der Waals surface area contributed by atoms with Crippen LogP contribution in [0.1, 0.15) is 29.5 Å². The first kappa shape index (κ1) is 15.4. The van der Waals surface area contributed by atoms with E-state index >= 15 is 0 Å². The number of H-pyrrole nitrogens is 1. The smallest absolute Gasteiger partial charge is 0.243 e. The molecule has 1 aromatic heterocycles. The van der Waals surface area contributed by atoms with Crippen LogP contribution in [0.25, 0.3) is 0 Å². The molecule has 1 heterocycles. The molecule has 0 aliphatic heterocycles. The van der Waals surface area contributed by atoms with Gasteiger partial charge < -0.3 is 4.98 Å². The molecule has 0 bridgehead atoms. The molecule has 0 unspecified atom stereocenters. The molecule has 2 rings (SSSR count). The number of nitrogens with one attached hydrogen (secondary N) is 1. The summed E-state index contributed by atoms with van der Waals surface area (Å²) in [7, 11) is -2.18. The molecule has 0 saturated heterocycles. The fourth-order valence-electron chi connectivity index (χ4n) is 1.89. The van der Waals surface area contributed by atoms with Crippen molar-refractivity contribution in [1.29, 1.82) is 0 Å². The van der Waals surface area contributed by atoms with E-state index in [0.717, 1.165) is 0 Å². The fourth-order valence-corrected chi connectivity index (χ4v) is 3.07. The number of ketones is 1. The van der Waals surface area contributed by atoms with E-state index in [4.69, 9.17) is 0 Å². The van der Waals surface area contributed by atoms with E-state index in [2.05, 4.69) is 9.97 Å². The minimum atomic E-state index is -3.66. The van der Waals surface area contributed by atoms with Crippen LogP contribution in [0.2, 0.25) is 0 Å². The molecule has 0 radical (unpaired) electrons. The number of aromatic amines is 1. The van der Waals surface area contributed by atoms with Crippen LogP contribution in [-0.2, 0) is 16.6 Å². The third-order valence-corrected chi connectivity index (χ3v) is 4.91.